The Morgan fingerprint density at radius 2 is 1.85 bits per heavy atom. The van der Waals surface area contributed by atoms with Gasteiger partial charge in [0.2, 0.25) is 0 Å². The van der Waals surface area contributed by atoms with E-state index in [1.807, 2.05) is 0 Å². The smallest absolute Gasteiger partial charge is 0.368 e. The molecule has 0 heterocycles. The zero-order valence-electron chi connectivity index (χ0n) is 13.7. The molecule has 140 valence electrons. The molecule has 0 atom stereocenters. The first-order valence-electron chi connectivity index (χ1n) is 7.37. The normalized spacial score (nSPS) is 11.2. The maximum Gasteiger partial charge on any atom is 0.418 e. The Kier molecular flexibility index (Phi) is 5.96. The van der Waals surface area contributed by atoms with Crippen LogP contribution in [-0.2, 0) is 12.7 Å². The minimum Gasteiger partial charge on any atom is -0.368 e. The molecule has 0 saturated heterocycles. The average Bonchev–Trinajstić information content (AvgIpc) is 2.60. The molecule has 0 fully saturated rings. The highest BCUT2D eigenvalue weighted by Crippen LogP contribution is 2.42. The monoisotopic (exact) mass is 387 g/mol. The molecule has 0 aliphatic heterocycles. The van der Waals surface area contributed by atoms with Crippen LogP contribution in [0.4, 0.5) is 29.3 Å². The number of amides is 2. The zero-order valence-corrected chi connectivity index (χ0v) is 14.5. The van der Waals surface area contributed by atoms with E-state index in [0.717, 1.165) is 12.1 Å². The van der Waals surface area contributed by atoms with Crippen LogP contribution in [0, 0.1) is 0 Å². The number of urea groups is 1. The molecule has 0 aliphatic carbocycles. The van der Waals surface area contributed by atoms with Gasteiger partial charge in [-0.05, 0) is 23.8 Å². The van der Waals surface area contributed by atoms with Crippen LogP contribution in [0.1, 0.15) is 11.1 Å². The van der Waals surface area contributed by atoms with Crippen molar-refractivity contribution in [1.82, 2.24) is 5.43 Å². The number of halogens is 4. The number of benzene rings is 2. The highest BCUT2D eigenvalue weighted by molar-refractivity contribution is 6.31. The number of nitrogens with one attached hydrogen (secondary N) is 1. The van der Waals surface area contributed by atoms with Crippen molar-refractivity contribution in [3.63, 3.8) is 0 Å². The van der Waals surface area contributed by atoms with Crippen molar-refractivity contribution < 1.29 is 18.0 Å². The molecule has 2 aromatic rings. The minimum absolute atomic E-state index is 0.0673. The summed E-state index contributed by atoms with van der Waals surface area (Å²) in [5, 5.41) is 0.933. The Balaban J connectivity index is 2.56. The molecular weight excluding hydrogens is 371 g/mol. The van der Waals surface area contributed by atoms with Gasteiger partial charge in [0.1, 0.15) is 0 Å². The standard InChI is InChI=1S/C16H17ClF3N5O/c1-24(9-10-5-2-3-7-12(10)17)14-11(16(18,19)20)6-4-8-13(14)25(22)15(26)23-21/h2-8H,9,21-22H2,1H3,(H,23,26). The fraction of sp³-hybridized carbons (Fsp3) is 0.188. The Bertz CT molecular complexity index is 800. The van der Waals surface area contributed by atoms with Crippen LogP contribution in [0.15, 0.2) is 42.5 Å². The number of hydrogen-bond donors (Lipinski definition) is 3. The predicted octanol–water partition coefficient (Wildman–Crippen LogP) is 3.26. The number of nitrogens with two attached hydrogens (primary N) is 2. The Labute approximate surface area is 153 Å². The van der Waals surface area contributed by atoms with Gasteiger partial charge in [-0.25, -0.2) is 21.5 Å². The van der Waals surface area contributed by atoms with Gasteiger partial charge in [0.25, 0.3) is 0 Å². The third-order valence-electron chi connectivity index (χ3n) is 3.67. The molecule has 0 aromatic heterocycles. The average molecular weight is 388 g/mol. The fourth-order valence-corrected chi connectivity index (χ4v) is 2.69. The van der Waals surface area contributed by atoms with Crippen molar-refractivity contribution in [2.45, 2.75) is 12.7 Å². The lowest BCUT2D eigenvalue weighted by molar-refractivity contribution is -0.137. The van der Waals surface area contributed by atoms with Gasteiger partial charge >= 0.3 is 12.2 Å². The van der Waals surface area contributed by atoms with Crippen molar-refractivity contribution in [1.29, 1.82) is 0 Å². The van der Waals surface area contributed by atoms with Crippen LogP contribution in [0.3, 0.4) is 0 Å². The predicted molar refractivity (Wildman–Crippen MR) is 94.4 cm³/mol. The van der Waals surface area contributed by atoms with Crippen LogP contribution < -0.4 is 27.0 Å². The van der Waals surface area contributed by atoms with Crippen LogP contribution in [-0.4, -0.2) is 13.1 Å². The summed E-state index contributed by atoms with van der Waals surface area (Å²) in [6.45, 7) is 0.0673. The van der Waals surface area contributed by atoms with Crippen molar-refractivity contribution in [2.24, 2.45) is 11.7 Å². The summed E-state index contributed by atoms with van der Waals surface area (Å²) in [5.41, 5.74) is 1.04. The van der Waals surface area contributed by atoms with Crippen LogP contribution in [0.5, 0.6) is 0 Å². The second-order valence-corrected chi connectivity index (χ2v) is 5.85. The first kappa shape index (κ1) is 19.8. The summed E-state index contributed by atoms with van der Waals surface area (Å²) in [4.78, 5) is 13.0. The maximum absolute atomic E-state index is 13.5. The lowest BCUT2D eigenvalue weighted by atomic mass is 10.1. The van der Waals surface area contributed by atoms with Crippen molar-refractivity contribution in [2.75, 3.05) is 17.0 Å². The van der Waals surface area contributed by atoms with Crippen molar-refractivity contribution in [3.05, 3.63) is 58.6 Å². The highest BCUT2D eigenvalue weighted by atomic mass is 35.5. The van der Waals surface area contributed by atoms with Crippen molar-refractivity contribution >= 4 is 29.0 Å². The molecule has 0 bridgehead atoms. The summed E-state index contributed by atoms with van der Waals surface area (Å²) in [7, 11) is 1.45. The van der Waals surface area contributed by atoms with E-state index in [0.29, 0.717) is 15.6 Å². The molecule has 0 spiro atoms. The van der Waals surface area contributed by atoms with E-state index >= 15 is 0 Å². The van der Waals surface area contributed by atoms with Crippen LogP contribution >= 0.6 is 11.6 Å². The Morgan fingerprint density at radius 3 is 2.42 bits per heavy atom. The quantitative estimate of drug-likeness (QED) is 0.427. The topological polar surface area (TPSA) is 87.6 Å². The van der Waals surface area contributed by atoms with Gasteiger partial charge in [-0.2, -0.15) is 13.2 Å². The lowest BCUT2D eigenvalue weighted by Gasteiger charge is -2.29. The number of nitrogens with zero attached hydrogens (tertiary/aromatic N) is 2. The van der Waals surface area contributed by atoms with Crippen molar-refractivity contribution in [3.8, 4) is 0 Å². The summed E-state index contributed by atoms with van der Waals surface area (Å²) in [5.74, 6) is 10.7. The zero-order chi connectivity index (χ0) is 19.5. The van der Waals surface area contributed by atoms with Crippen LogP contribution in [0.25, 0.3) is 0 Å². The SMILES string of the molecule is CN(Cc1ccccc1Cl)c1c(N(N)C(=O)NN)cccc1C(F)(F)F. The summed E-state index contributed by atoms with van der Waals surface area (Å²) < 4.78 is 40.5. The fourth-order valence-electron chi connectivity index (χ4n) is 2.50. The molecule has 2 amide bonds. The van der Waals surface area contributed by atoms with E-state index in [2.05, 4.69) is 0 Å². The van der Waals surface area contributed by atoms with E-state index in [-0.39, 0.29) is 17.9 Å². The Hall–Kier alpha value is -2.49. The van der Waals surface area contributed by atoms with Gasteiger partial charge in [-0.15, -0.1) is 0 Å². The van der Waals surface area contributed by atoms with E-state index in [1.165, 1.54) is 18.0 Å². The van der Waals surface area contributed by atoms with Gasteiger partial charge in [0, 0.05) is 18.6 Å². The molecule has 5 N–H and O–H groups in total. The second kappa shape index (κ2) is 7.81. The highest BCUT2D eigenvalue weighted by Gasteiger charge is 2.36. The first-order valence-corrected chi connectivity index (χ1v) is 7.74. The molecule has 0 radical (unpaired) electrons. The van der Waals surface area contributed by atoms with E-state index < -0.39 is 17.8 Å². The van der Waals surface area contributed by atoms with E-state index in [9.17, 15) is 18.0 Å². The third kappa shape index (κ3) is 4.18. The van der Waals surface area contributed by atoms with Crippen LogP contribution in [0.2, 0.25) is 5.02 Å². The summed E-state index contributed by atoms with van der Waals surface area (Å²) in [6, 6.07) is 9.18. The molecular formula is C16H17ClF3N5O. The largest absolute Gasteiger partial charge is 0.418 e. The molecule has 10 heteroatoms. The van der Waals surface area contributed by atoms with Gasteiger partial charge in [0.15, 0.2) is 0 Å². The van der Waals surface area contributed by atoms with E-state index in [1.54, 1.807) is 29.7 Å². The second-order valence-electron chi connectivity index (χ2n) is 5.44. The molecule has 2 aromatic carbocycles. The van der Waals surface area contributed by atoms with Gasteiger partial charge in [0.05, 0.1) is 16.9 Å². The molecule has 0 saturated carbocycles. The van der Waals surface area contributed by atoms with Gasteiger partial charge in [-0.1, -0.05) is 35.9 Å². The first-order chi connectivity index (χ1) is 12.2. The number of para-hydroxylation sites is 1. The van der Waals surface area contributed by atoms with E-state index in [4.69, 9.17) is 23.3 Å². The minimum atomic E-state index is -4.65. The summed E-state index contributed by atoms with van der Waals surface area (Å²) in [6.07, 6.45) is -4.65. The number of anilines is 2. The number of carbonyl (C=O) groups is 1. The number of rotatable bonds is 4. The summed E-state index contributed by atoms with van der Waals surface area (Å²) >= 11 is 6.10. The number of hydrogen-bond acceptors (Lipinski definition) is 4. The Morgan fingerprint density at radius 1 is 1.19 bits per heavy atom. The maximum atomic E-state index is 13.5. The molecule has 0 aliphatic rings. The number of carbonyl (C=O) groups excluding carboxylic acids is 1. The molecule has 0 unspecified atom stereocenters. The molecule has 6 nitrogen and oxygen atoms in total. The lowest BCUT2D eigenvalue weighted by Crippen LogP contribution is -2.48. The van der Waals surface area contributed by atoms with Gasteiger partial charge < -0.3 is 4.90 Å². The number of hydrazine groups is 2. The number of alkyl halides is 3. The molecule has 26 heavy (non-hydrogen) atoms. The van der Waals surface area contributed by atoms with Gasteiger partial charge in [-0.3, -0.25) is 5.43 Å². The third-order valence-corrected chi connectivity index (χ3v) is 4.04. The molecule has 2 rings (SSSR count).